The zero-order valence-corrected chi connectivity index (χ0v) is 17.7. The fraction of sp³-hybridized carbons (Fsp3) is 0.208. The predicted molar refractivity (Wildman–Crippen MR) is 125 cm³/mol. The molecule has 0 fully saturated rings. The number of nitrogens with zero attached hydrogens (tertiary/aromatic N) is 4. The van der Waals surface area contributed by atoms with E-state index in [-0.39, 0.29) is 6.61 Å². The van der Waals surface area contributed by atoms with Crippen molar-refractivity contribution in [1.29, 1.82) is 0 Å². The third-order valence-electron chi connectivity index (χ3n) is 4.69. The summed E-state index contributed by atoms with van der Waals surface area (Å²) in [6.07, 6.45) is 6.07. The molecular weight excluding hydrogens is 392 g/mol. The van der Waals surface area contributed by atoms with E-state index in [1.807, 2.05) is 59.8 Å². The Labute approximate surface area is 182 Å². The van der Waals surface area contributed by atoms with E-state index in [1.54, 1.807) is 26.5 Å². The van der Waals surface area contributed by atoms with Crippen molar-refractivity contribution >= 4 is 35.7 Å². The number of rotatable bonds is 10. The third-order valence-corrected chi connectivity index (χ3v) is 4.69. The van der Waals surface area contributed by atoms with Gasteiger partial charge in [0, 0.05) is 61.1 Å². The van der Waals surface area contributed by atoms with Crippen LogP contribution in [0.3, 0.4) is 0 Å². The minimum atomic E-state index is -0.0264. The van der Waals surface area contributed by atoms with E-state index in [0.29, 0.717) is 30.2 Å². The molecule has 3 aromatic rings. The topological polar surface area (TPSA) is 79.5 Å². The number of methoxy groups -OCH3 is 2. The molecule has 7 nitrogen and oxygen atoms in total. The Morgan fingerprint density at radius 1 is 1.03 bits per heavy atom. The Balaban J connectivity index is 1.90. The van der Waals surface area contributed by atoms with Crippen LogP contribution in [0.25, 0.3) is 0 Å². The highest BCUT2D eigenvalue weighted by Gasteiger charge is 2.14. The van der Waals surface area contributed by atoms with Gasteiger partial charge in [0.25, 0.3) is 0 Å². The molecule has 7 heteroatoms. The Kier molecular flexibility index (Phi) is 7.73. The molecule has 0 amide bonds. The van der Waals surface area contributed by atoms with E-state index in [2.05, 4.69) is 21.7 Å². The molecule has 0 bridgehead atoms. The van der Waals surface area contributed by atoms with Gasteiger partial charge in [-0.2, -0.15) is 0 Å². The van der Waals surface area contributed by atoms with Crippen LogP contribution in [0.5, 0.6) is 11.5 Å². The summed E-state index contributed by atoms with van der Waals surface area (Å²) >= 11 is 0. The van der Waals surface area contributed by atoms with Gasteiger partial charge in [-0.3, -0.25) is 15.0 Å². The maximum absolute atomic E-state index is 9.65. The Hall–Kier alpha value is -3.71. The molecular formula is C24H26N4O3. The van der Waals surface area contributed by atoms with E-state index >= 15 is 0 Å². The Morgan fingerprint density at radius 3 is 2.42 bits per heavy atom. The third kappa shape index (κ3) is 5.67. The molecule has 0 aliphatic rings. The lowest BCUT2D eigenvalue weighted by Crippen LogP contribution is -2.21. The van der Waals surface area contributed by atoms with E-state index in [1.165, 1.54) is 0 Å². The molecule has 0 spiro atoms. The van der Waals surface area contributed by atoms with Crippen LogP contribution in [-0.2, 0) is 6.42 Å². The number of pyridine rings is 1. The fourth-order valence-electron chi connectivity index (χ4n) is 3.14. The second-order valence-electron chi connectivity index (χ2n) is 6.65. The van der Waals surface area contributed by atoms with Gasteiger partial charge in [-0.05, 0) is 36.5 Å². The van der Waals surface area contributed by atoms with Gasteiger partial charge in [0.15, 0.2) is 0 Å². The molecule has 31 heavy (non-hydrogen) atoms. The average molecular weight is 418 g/mol. The van der Waals surface area contributed by atoms with Crippen LogP contribution in [0, 0.1) is 0 Å². The zero-order chi connectivity index (χ0) is 22.1. The van der Waals surface area contributed by atoms with Gasteiger partial charge < -0.3 is 19.5 Å². The summed E-state index contributed by atoms with van der Waals surface area (Å²) < 4.78 is 10.8. The number of hydrogen-bond acceptors (Lipinski definition) is 7. The lowest BCUT2D eigenvalue weighted by Gasteiger charge is -2.25. The molecule has 0 saturated heterocycles. The number of benzene rings is 2. The molecule has 1 aromatic heterocycles. The minimum absolute atomic E-state index is 0.0264. The van der Waals surface area contributed by atoms with Crippen LogP contribution in [-0.4, -0.2) is 50.4 Å². The van der Waals surface area contributed by atoms with Gasteiger partial charge in [-0.15, -0.1) is 0 Å². The normalized spacial score (nSPS) is 10.8. The number of aliphatic hydroxyl groups is 1. The molecule has 0 unspecified atom stereocenters. The molecule has 0 aliphatic carbocycles. The number of aromatic nitrogens is 1. The first kappa shape index (κ1) is 22.0. The summed E-state index contributed by atoms with van der Waals surface area (Å²) in [6, 6.07) is 15.2. The molecule has 0 aliphatic heterocycles. The van der Waals surface area contributed by atoms with Crippen LogP contribution in [0.4, 0.5) is 22.7 Å². The highest BCUT2D eigenvalue weighted by Crippen LogP contribution is 2.37. The first-order chi connectivity index (χ1) is 15.2. The molecule has 0 saturated carbocycles. The second kappa shape index (κ2) is 10.9. The van der Waals surface area contributed by atoms with Crippen LogP contribution in [0.15, 0.2) is 70.9 Å². The fourth-order valence-corrected chi connectivity index (χ4v) is 3.14. The summed E-state index contributed by atoms with van der Waals surface area (Å²) in [4.78, 5) is 14.8. The van der Waals surface area contributed by atoms with E-state index in [4.69, 9.17) is 9.47 Å². The first-order valence-electron chi connectivity index (χ1n) is 9.82. The van der Waals surface area contributed by atoms with Crippen molar-refractivity contribution in [3.05, 3.63) is 66.5 Å². The van der Waals surface area contributed by atoms with Crippen molar-refractivity contribution in [3.63, 3.8) is 0 Å². The van der Waals surface area contributed by atoms with Crippen molar-refractivity contribution < 1.29 is 14.6 Å². The average Bonchev–Trinajstić information content (AvgIpc) is 2.83. The van der Waals surface area contributed by atoms with Crippen molar-refractivity contribution in [2.45, 2.75) is 6.42 Å². The highest BCUT2D eigenvalue weighted by molar-refractivity contribution is 5.78. The van der Waals surface area contributed by atoms with Crippen LogP contribution < -0.4 is 14.4 Å². The number of anilines is 2. The smallest absolute Gasteiger partial charge is 0.124 e. The summed E-state index contributed by atoms with van der Waals surface area (Å²) in [6.45, 7) is 4.05. The minimum Gasteiger partial charge on any atom is -0.497 e. The predicted octanol–water partition coefficient (Wildman–Crippen LogP) is 4.51. The molecule has 3 rings (SSSR count). The van der Waals surface area contributed by atoms with Crippen LogP contribution in [0.1, 0.15) is 5.56 Å². The quantitative estimate of drug-likeness (QED) is 0.490. The summed E-state index contributed by atoms with van der Waals surface area (Å²) in [5, 5.41) is 9.65. The van der Waals surface area contributed by atoms with Crippen LogP contribution in [0.2, 0.25) is 0 Å². The summed E-state index contributed by atoms with van der Waals surface area (Å²) in [5.74, 6) is 1.33. The van der Waals surface area contributed by atoms with E-state index < -0.39 is 0 Å². The van der Waals surface area contributed by atoms with Crippen molar-refractivity contribution in [1.82, 2.24) is 4.98 Å². The van der Waals surface area contributed by atoms with Gasteiger partial charge >= 0.3 is 0 Å². The molecule has 0 radical (unpaired) electrons. The zero-order valence-electron chi connectivity index (χ0n) is 17.7. The molecule has 2 aromatic carbocycles. The number of hydrogen-bond donors (Lipinski definition) is 1. The van der Waals surface area contributed by atoms with E-state index in [9.17, 15) is 5.11 Å². The molecule has 1 N–H and O–H groups in total. The van der Waals surface area contributed by atoms with Crippen LogP contribution >= 0.6 is 0 Å². The second-order valence-corrected chi connectivity index (χ2v) is 6.65. The van der Waals surface area contributed by atoms with Gasteiger partial charge in [0.1, 0.15) is 11.5 Å². The van der Waals surface area contributed by atoms with Gasteiger partial charge in [0.05, 0.1) is 32.2 Å². The Bertz CT molecular complexity index is 1020. The maximum atomic E-state index is 9.65. The monoisotopic (exact) mass is 418 g/mol. The highest BCUT2D eigenvalue weighted by atomic mass is 16.5. The summed E-state index contributed by atoms with van der Waals surface area (Å²) in [7, 11) is 3.21. The number of aliphatic hydroxyl groups excluding tert-OH is 1. The number of aliphatic imine (C=N–C) groups is 2. The number of ether oxygens (including phenoxy) is 2. The molecule has 1 heterocycles. The van der Waals surface area contributed by atoms with E-state index in [0.717, 1.165) is 22.6 Å². The SMILES string of the molecule is C=Nc1cc(N(CCO)c2cc(OC)cc(OC)c2)ccc1N=CCc1cccnc1. The summed E-state index contributed by atoms with van der Waals surface area (Å²) in [5.41, 5.74) is 4.12. The lowest BCUT2D eigenvalue weighted by molar-refractivity contribution is 0.305. The first-order valence-corrected chi connectivity index (χ1v) is 9.82. The maximum Gasteiger partial charge on any atom is 0.124 e. The lowest BCUT2D eigenvalue weighted by atomic mass is 10.2. The molecule has 160 valence electrons. The van der Waals surface area contributed by atoms with Crippen molar-refractivity contribution in [2.75, 3.05) is 32.3 Å². The van der Waals surface area contributed by atoms with Crippen molar-refractivity contribution in [2.24, 2.45) is 9.98 Å². The standard InChI is InChI=1S/C24H26N4O3/c1-25-24-15-19(6-7-23(24)27-10-8-18-5-4-9-26-17-18)28(11-12-29)20-13-21(30-2)16-22(14-20)31-3/h4-7,9-10,13-17,29H,1,8,11-12H2,2-3H3. The van der Waals surface area contributed by atoms with Gasteiger partial charge in [-0.1, -0.05) is 6.07 Å². The Morgan fingerprint density at radius 2 is 1.81 bits per heavy atom. The largest absolute Gasteiger partial charge is 0.497 e. The van der Waals surface area contributed by atoms with Gasteiger partial charge in [-0.25, -0.2) is 0 Å². The molecule has 0 atom stereocenters. The van der Waals surface area contributed by atoms with Gasteiger partial charge in [0.2, 0.25) is 0 Å². The van der Waals surface area contributed by atoms with Crippen molar-refractivity contribution in [3.8, 4) is 11.5 Å².